The van der Waals surface area contributed by atoms with Crippen LogP contribution >= 0.6 is 0 Å². The van der Waals surface area contributed by atoms with Gasteiger partial charge in [-0.3, -0.25) is 4.79 Å². The highest BCUT2D eigenvalue weighted by Gasteiger charge is 2.46. The summed E-state index contributed by atoms with van der Waals surface area (Å²) < 4.78 is 0. The summed E-state index contributed by atoms with van der Waals surface area (Å²) in [4.78, 5) is 15.1. The van der Waals surface area contributed by atoms with E-state index in [1.54, 1.807) is 0 Å². The maximum Gasteiger partial charge on any atom is 0.236 e. The van der Waals surface area contributed by atoms with Crippen molar-refractivity contribution in [3.05, 3.63) is 0 Å². The van der Waals surface area contributed by atoms with Gasteiger partial charge in [0.1, 0.15) is 5.41 Å². The molecule has 3 N–H and O–H groups in total. The van der Waals surface area contributed by atoms with Crippen molar-refractivity contribution in [2.24, 2.45) is 28.1 Å². The fourth-order valence-corrected chi connectivity index (χ4v) is 3.76. The Labute approximate surface area is 127 Å². The molecule has 2 fully saturated rings. The Morgan fingerprint density at radius 3 is 2.33 bits per heavy atom. The van der Waals surface area contributed by atoms with Crippen LogP contribution in [-0.4, -0.2) is 34.9 Å². The van der Waals surface area contributed by atoms with Crippen LogP contribution in [0.15, 0.2) is 5.16 Å². The van der Waals surface area contributed by atoms with E-state index in [-0.39, 0.29) is 11.7 Å². The molecule has 1 saturated heterocycles. The van der Waals surface area contributed by atoms with Crippen LogP contribution in [0.1, 0.15) is 58.8 Å². The van der Waals surface area contributed by atoms with Crippen molar-refractivity contribution in [1.82, 2.24) is 4.90 Å². The van der Waals surface area contributed by atoms with Gasteiger partial charge in [0.25, 0.3) is 0 Å². The zero-order chi connectivity index (χ0) is 15.5. The van der Waals surface area contributed by atoms with Crippen molar-refractivity contribution in [3.63, 3.8) is 0 Å². The molecule has 2 rings (SSSR count). The number of hydrogen-bond donors (Lipinski definition) is 2. The second-order valence-corrected chi connectivity index (χ2v) is 6.98. The molecule has 2 unspecified atom stereocenters. The molecule has 2 atom stereocenters. The van der Waals surface area contributed by atoms with E-state index in [4.69, 9.17) is 5.73 Å². The molecule has 1 amide bonds. The number of carbonyl (C=O) groups is 1. The number of amidine groups is 1. The van der Waals surface area contributed by atoms with E-state index in [9.17, 15) is 10.0 Å². The van der Waals surface area contributed by atoms with Gasteiger partial charge < -0.3 is 15.8 Å². The zero-order valence-electron chi connectivity index (χ0n) is 13.3. The monoisotopic (exact) mass is 295 g/mol. The van der Waals surface area contributed by atoms with E-state index in [0.29, 0.717) is 24.7 Å². The Kier molecular flexibility index (Phi) is 5.12. The van der Waals surface area contributed by atoms with Gasteiger partial charge in [0, 0.05) is 13.1 Å². The summed E-state index contributed by atoms with van der Waals surface area (Å²) in [5.74, 6) is 1.36. The van der Waals surface area contributed by atoms with Gasteiger partial charge in [0.15, 0.2) is 5.84 Å². The standard InChI is InChI=1S/C16H29N3O2/c1-12-7-10-19(11-13(12)2)15(20)16(14(17)18-21)8-5-3-4-6-9-16/h12-13,21H,3-11H2,1-2H3,(H2,17,18). The first-order valence-electron chi connectivity index (χ1n) is 8.28. The maximum atomic E-state index is 13.1. The molecular weight excluding hydrogens is 266 g/mol. The number of rotatable bonds is 2. The van der Waals surface area contributed by atoms with Crippen LogP contribution in [-0.2, 0) is 4.79 Å². The van der Waals surface area contributed by atoms with E-state index >= 15 is 0 Å². The average Bonchev–Trinajstić information content (AvgIpc) is 2.75. The molecule has 1 aliphatic carbocycles. The lowest BCUT2D eigenvalue weighted by molar-refractivity contribution is -0.141. The van der Waals surface area contributed by atoms with Gasteiger partial charge in [-0.25, -0.2) is 0 Å². The number of likely N-dealkylation sites (tertiary alicyclic amines) is 1. The van der Waals surface area contributed by atoms with Crippen LogP contribution in [0, 0.1) is 17.3 Å². The van der Waals surface area contributed by atoms with Crippen molar-refractivity contribution in [3.8, 4) is 0 Å². The molecule has 0 aromatic carbocycles. The molecule has 0 bridgehead atoms. The minimum Gasteiger partial charge on any atom is -0.409 e. The highest BCUT2D eigenvalue weighted by atomic mass is 16.4. The van der Waals surface area contributed by atoms with Crippen molar-refractivity contribution >= 4 is 11.7 Å². The van der Waals surface area contributed by atoms with Crippen LogP contribution in [0.3, 0.4) is 0 Å². The fourth-order valence-electron chi connectivity index (χ4n) is 3.76. The molecule has 0 radical (unpaired) electrons. The molecule has 0 aromatic rings. The van der Waals surface area contributed by atoms with Crippen LogP contribution in [0.4, 0.5) is 0 Å². The average molecular weight is 295 g/mol. The summed E-state index contributed by atoms with van der Waals surface area (Å²) in [6.45, 7) is 6.04. The molecule has 0 aromatic heterocycles. The first-order chi connectivity index (χ1) is 10.0. The number of amides is 1. The third kappa shape index (κ3) is 3.16. The molecule has 5 nitrogen and oxygen atoms in total. The first-order valence-corrected chi connectivity index (χ1v) is 8.28. The summed E-state index contributed by atoms with van der Waals surface area (Å²) in [5.41, 5.74) is 5.20. The third-order valence-corrected chi connectivity index (χ3v) is 5.59. The van der Waals surface area contributed by atoms with Gasteiger partial charge in [-0.15, -0.1) is 0 Å². The highest BCUT2D eigenvalue weighted by molar-refractivity contribution is 6.06. The molecule has 1 heterocycles. The lowest BCUT2D eigenvalue weighted by Gasteiger charge is -2.41. The number of oxime groups is 1. The largest absolute Gasteiger partial charge is 0.409 e. The van der Waals surface area contributed by atoms with Crippen LogP contribution in [0.25, 0.3) is 0 Å². The van der Waals surface area contributed by atoms with Gasteiger partial charge >= 0.3 is 0 Å². The van der Waals surface area contributed by atoms with Gasteiger partial charge in [0.05, 0.1) is 0 Å². The minimum absolute atomic E-state index is 0.0819. The quantitative estimate of drug-likeness (QED) is 0.270. The van der Waals surface area contributed by atoms with E-state index in [0.717, 1.165) is 45.2 Å². The Bertz CT molecular complexity index is 400. The predicted molar refractivity (Wildman–Crippen MR) is 83.1 cm³/mol. The molecule has 1 saturated carbocycles. The van der Waals surface area contributed by atoms with Gasteiger partial charge in [-0.05, 0) is 31.1 Å². The van der Waals surface area contributed by atoms with Gasteiger partial charge in [-0.2, -0.15) is 0 Å². The van der Waals surface area contributed by atoms with Crippen molar-refractivity contribution in [2.75, 3.05) is 13.1 Å². The molecule has 0 spiro atoms. The topological polar surface area (TPSA) is 78.9 Å². The molecular formula is C16H29N3O2. The number of nitrogens with two attached hydrogens (primary N) is 1. The van der Waals surface area contributed by atoms with E-state index in [1.807, 2.05) is 4.90 Å². The molecule has 1 aliphatic heterocycles. The maximum absolute atomic E-state index is 13.1. The molecule has 120 valence electrons. The SMILES string of the molecule is CC1CCN(C(=O)C2(C(N)=NO)CCCCCC2)CC1C. The lowest BCUT2D eigenvalue weighted by atomic mass is 9.76. The number of carbonyl (C=O) groups excluding carboxylic acids is 1. The second-order valence-electron chi connectivity index (χ2n) is 6.98. The number of nitrogens with zero attached hydrogens (tertiary/aromatic N) is 2. The van der Waals surface area contributed by atoms with Crippen LogP contribution in [0.5, 0.6) is 0 Å². The van der Waals surface area contributed by atoms with E-state index < -0.39 is 5.41 Å². The lowest BCUT2D eigenvalue weighted by Crippen LogP contribution is -2.54. The highest BCUT2D eigenvalue weighted by Crippen LogP contribution is 2.38. The summed E-state index contributed by atoms with van der Waals surface area (Å²) >= 11 is 0. The van der Waals surface area contributed by atoms with Gasteiger partial charge in [0.2, 0.25) is 5.91 Å². The Morgan fingerprint density at radius 1 is 1.19 bits per heavy atom. The van der Waals surface area contributed by atoms with Crippen LogP contribution in [0.2, 0.25) is 0 Å². The minimum atomic E-state index is -0.772. The molecule has 2 aliphatic rings. The Hall–Kier alpha value is -1.26. The summed E-state index contributed by atoms with van der Waals surface area (Å²) in [7, 11) is 0. The predicted octanol–water partition coefficient (Wildman–Crippen LogP) is 2.58. The smallest absolute Gasteiger partial charge is 0.236 e. The van der Waals surface area contributed by atoms with Crippen molar-refractivity contribution in [1.29, 1.82) is 0 Å². The number of piperidine rings is 1. The normalized spacial score (nSPS) is 30.8. The van der Waals surface area contributed by atoms with Crippen molar-refractivity contribution in [2.45, 2.75) is 58.8 Å². The molecule has 5 heteroatoms. The Balaban J connectivity index is 2.22. The molecule has 21 heavy (non-hydrogen) atoms. The Morgan fingerprint density at radius 2 is 1.81 bits per heavy atom. The summed E-state index contributed by atoms with van der Waals surface area (Å²) in [5, 5.41) is 12.4. The summed E-state index contributed by atoms with van der Waals surface area (Å²) in [6, 6.07) is 0. The third-order valence-electron chi connectivity index (χ3n) is 5.59. The van der Waals surface area contributed by atoms with Crippen molar-refractivity contribution < 1.29 is 10.0 Å². The first kappa shape index (κ1) is 16.1. The summed E-state index contributed by atoms with van der Waals surface area (Å²) in [6.07, 6.45) is 6.66. The fraction of sp³-hybridized carbons (Fsp3) is 0.875. The number of hydrogen-bond acceptors (Lipinski definition) is 3. The van der Waals surface area contributed by atoms with Gasteiger partial charge in [-0.1, -0.05) is 44.7 Å². The second kappa shape index (κ2) is 6.67. The van der Waals surface area contributed by atoms with Crippen LogP contribution < -0.4 is 5.73 Å². The zero-order valence-corrected chi connectivity index (χ0v) is 13.3. The van der Waals surface area contributed by atoms with E-state index in [1.165, 1.54) is 0 Å². The van der Waals surface area contributed by atoms with E-state index in [2.05, 4.69) is 19.0 Å².